The van der Waals surface area contributed by atoms with Crippen LogP contribution in [0.1, 0.15) is 30.6 Å². The van der Waals surface area contributed by atoms with Gasteiger partial charge in [0.15, 0.2) is 5.82 Å². The number of benzene rings is 2. The number of aromatic nitrogens is 1. The van der Waals surface area contributed by atoms with E-state index in [9.17, 15) is 12.8 Å². The highest BCUT2D eigenvalue weighted by molar-refractivity contribution is 7.92. The second kappa shape index (κ2) is 9.34. The number of anilines is 1. The predicted octanol–water partition coefficient (Wildman–Crippen LogP) is 5.84. The van der Waals surface area contributed by atoms with Crippen LogP contribution >= 0.6 is 11.6 Å². The molecule has 1 aliphatic carbocycles. The lowest BCUT2D eigenvalue weighted by molar-refractivity contribution is 0.268. The van der Waals surface area contributed by atoms with Crippen molar-refractivity contribution >= 4 is 33.0 Å². The summed E-state index contributed by atoms with van der Waals surface area (Å²) in [6, 6.07) is 12.2. The highest BCUT2D eigenvalue weighted by atomic mass is 35.5. The van der Waals surface area contributed by atoms with Gasteiger partial charge in [-0.2, -0.15) is 0 Å². The van der Waals surface area contributed by atoms with Gasteiger partial charge in [-0.05, 0) is 67.7 Å². The average molecular weight is 477 g/mol. The summed E-state index contributed by atoms with van der Waals surface area (Å²) in [7, 11) is -3.88. The van der Waals surface area contributed by atoms with Gasteiger partial charge in [0.2, 0.25) is 0 Å². The molecule has 1 N–H and O–H groups in total. The largest absolute Gasteiger partial charge is 0.491 e. The first-order chi connectivity index (χ1) is 15.3. The van der Waals surface area contributed by atoms with Crippen LogP contribution in [0.5, 0.6) is 5.75 Å². The van der Waals surface area contributed by atoms with Gasteiger partial charge < -0.3 is 9.26 Å². The normalized spacial score (nSPS) is 16.5. The molecule has 1 unspecified atom stereocenters. The van der Waals surface area contributed by atoms with Crippen LogP contribution in [0.2, 0.25) is 5.02 Å². The molecule has 1 atom stereocenters. The van der Waals surface area contributed by atoms with Crippen molar-refractivity contribution in [2.24, 2.45) is 5.92 Å². The third kappa shape index (κ3) is 5.14. The molecular formula is C23H22ClFN2O4S. The number of allylic oxidation sites excluding steroid dienone is 1. The zero-order chi connectivity index (χ0) is 22.7. The van der Waals surface area contributed by atoms with E-state index >= 15 is 0 Å². The summed E-state index contributed by atoms with van der Waals surface area (Å²) in [5.41, 5.74) is 2.10. The fourth-order valence-electron chi connectivity index (χ4n) is 3.68. The van der Waals surface area contributed by atoms with Crippen molar-refractivity contribution in [3.05, 3.63) is 76.8 Å². The maximum Gasteiger partial charge on any atom is 0.263 e. The molecule has 1 aliphatic rings. The molecule has 168 valence electrons. The van der Waals surface area contributed by atoms with Crippen molar-refractivity contribution in [1.29, 1.82) is 0 Å². The van der Waals surface area contributed by atoms with E-state index in [1.165, 1.54) is 36.4 Å². The first-order valence-electron chi connectivity index (χ1n) is 10.2. The summed E-state index contributed by atoms with van der Waals surface area (Å²) in [6.07, 6.45) is 5.11. The zero-order valence-electron chi connectivity index (χ0n) is 17.3. The highest BCUT2D eigenvalue weighted by Gasteiger charge is 2.22. The number of aryl methyl sites for hydroxylation is 1. The summed E-state index contributed by atoms with van der Waals surface area (Å²) in [6.45, 7) is 2.04. The Morgan fingerprint density at radius 3 is 2.69 bits per heavy atom. The second-order valence-electron chi connectivity index (χ2n) is 7.63. The summed E-state index contributed by atoms with van der Waals surface area (Å²) in [5, 5.41) is 3.82. The molecule has 1 heterocycles. The predicted molar refractivity (Wildman–Crippen MR) is 121 cm³/mol. The lowest BCUT2D eigenvalue weighted by Crippen LogP contribution is -2.17. The van der Waals surface area contributed by atoms with Gasteiger partial charge in [0.1, 0.15) is 17.3 Å². The molecule has 6 nitrogen and oxygen atoms in total. The first-order valence-corrected chi connectivity index (χ1v) is 12.0. The van der Waals surface area contributed by atoms with Crippen molar-refractivity contribution in [3.63, 3.8) is 0 Å². The number of hydrogen-bond acceptors (Lipinski definition) is 5. The summed E-state index contributed by atoms with van der Waals surface area (Å²) >= 11 is 6.32. The molecule has 2 aromatic carbocycles. The topological polar surface area (TPSA) is 81.4 Å². The van der Waals surface area contributed by atoms with Gasteiger partial charge in [0.05, 0.1) is 16.5 Å². The molecule has 0 aliphatic heterocycles. The number of halogens is 2. The third-order valence-corrected chi connectivity index (χ3v) is 6.91. The van der Waals surface area contributed by atoms with Gasteiger partial charge in [-0.1, -0.05) is 35.0 Å². The Balaban J connectivity index is 1.46. The minimum atomic E-state index is -3.88. The van der Waals surface area contributed by atoms with Crippen LogP contribution in [0, 0.1) is 18.7 Å². The number of rotatable bonds is 7. The van der Waals surface area contributed by atoms with Crippen molar-refractivity contribution in [2.75, 3.05) is 11.3 Å². The summed E-state index contributed by atoms with van der Waals surface area (Å²) in [4.78, 5) is -0.0138. The quantitative estimate of drug-likeness (QED) is 0.463. The molecule has 0 bridgehead atoms. The average Bonchev–Trinajstić information content (AvgIpc) is 3.17. The molecule has 0 amide bonds. The Hall–Kier alpha value is -2.84. The lowest BCUT2D eigenvalue weighted by atomic mass is 9.84. The maximum atomic E-state index is 13.3. The van der Waals surface area contributed by atoms with Crippen LogP contribution in [0.15, 0.2) is 64.0 Å². The maximum absolute atomic E-state index is 13.3. The molecule has 3 aromatic rings. The van der Waals surface area contributed by atoms with E-state index in [0.29, 0.717) is 18.1 Å². The van der Waals surface area contributed by atoms with Gasteiger partial charge in [-0.25, -0.2) is 12.8 Å². The van der Waals surface area contributed by atoms with Crippen molar-refractivity contribution < 1.29 is 22.1 Å². The number of ether oxygens (including phenoxy) is 1. The standard InChI is InChI=1S/C23H22ClFN2O4S/c1-15-12-23(26-31-15)27-32(28,29)19-10-11-22(21(24)13-19)30-14-17-4-2-3-5-20(17)16-6-8-18(25)9-7-16/h5-13,17H,2-4,14H2,1H3,(H,26,27). The minimum Gasteiger partial charge on any atom is -0.491 e. The molecular weight excluding hydrogens is 455 g/mol. The van der Waals surface area contributed by atoms with Gasteiger partial charge >= 0.3 is 0 Å². The Kier molecular flexibility index (Phi) is 6.53. The fraction of sp³-hybridized carbons (Fsp3) is 0.261. The van der Waals surface area contributed by atoms with Crippen molar-refractivity contribution in [1.82, 2.24) is 5.16 Å². The molecule has 0 spiro atoms. The first kappa shape index (κ1) is 22.4. The van der Waals surface area contributed by atoms with E-state index in [2.05, 4.69) is 16.0 Å². The minimum absolute atomic E-state index is 0.0138. The highest BCUT2D eigenvalue weighted by Crippen LogP contribution is 2.35. The lowest BCUT2D eigenvalue weighted by Gasteiger charge is -2.25. The van der Waals surface area contributed by atoms with Crippen LogP contribution in [0.25, 0.3) is 5.57 Å². The Morgan fingerprint density at radius 2 is 2.00 bits per heavy atom. The van der Waals surface area contributed by atoms with E-state index in [1.54, 1.807) is 19.1 Å². The van der Waals surface area contributed by atoms with Crippen LogP contribution in [-0.4, -0.2) is 20.2 Å². The zero-order valence-corrected chi connectivity index (χ0v) is 18.9. The molecule has 9 heteroatoms. The fourth-order valence-corrected chi connectivity index (χ4v) is 4.99. The van der Waals surface area contributed by atoms with Crippen molar-refractivity contribution in [2.45, 2.75) is 31.1 Å². The van der Waals surface area contributed by atoms with Gasteiger partial charge in [-0.15, -0.1) is 0 Å². The van der Waals surface area contributed by atoms with Crippen LogP contribution in [0.4, 0.5) is 10.2 Å². The summed E-state index contributed by atoms with van der Waals surface area (Å²) in [5.74, 6) is 0.836. The van der Waals surface area contributed by atoms with Crippen molar-refractivity contribution in [3.8, 4) is 5.75 Å². The van der Waals surface area contributed by atoms with Gasteiger partial charge in [0, 0.05) is 12.0 Å². The van der Waals surface area contributed by atoms with E-state index in [1.807, 2.05) is 0 Å². The van der Waals surface area contributed by atoms with Crippen LogP contribution < -0.4 is 9.46 Å². The van der Waals surface area contributed by atoms with Crippen LogP contribution in [-0.2, 0) is 10.0 Å². The SMILES string of the molecule is Cc1cc(NS(=O)(=O)c2ccc(OCC3CCCC=C3c3ccc(F)cc3)c(Cl)c2)no1. The molecule has 0 radical (unpaired) electrons. The van der Waals surface area contributed by atoms with E-state index in [0.717, 1.165) is 30.4 Å². The van der Waals surface area contributed by atoms with E-state index in [4.69, 9.17) is 20.9 Å². The molecule has 0 saturated carbocycles. The monoisotopic (exact) mass is 476 g/mol. The number of nitrogens with one attached hydrogen (secondary N) is 1. The number of hydrogen-bond donors (Lipinski definition) is 1. The number of sulfonamides is 1. The molecule has 1 aromatic heterocycles. The number of nitrogens with zero attached hydrogens (tertiary/aromatic N) is 1. The Bertz CT molecular complexity index is 1240. The Labute approximate surface area is 191 Å². The third-order valence-electron chi connectivity index (χ3n) is 5.26. The molecule has 0 saturated heterocycles. The smallest absolute Gasteiger partial charge is 0.263 e. The Morgan fingerprint density at radius 1 is 1.22 bits per heavy atom. The van der Waals surface area contributed by atoms with E-state index in [-0.39, 0.29) is 27.5 Å². The molecule has 0 fully saturated rings. The van der Waals surface area contributed by atoms with E-state index < -0.39 is 10.0 Å². The summed E-state index contributed by atoms with van der Waals surface area (Å²) < 4.78 is 51.6. The van der Waals surface area contributed by atoms with Crippen LogP contribution in [0.3, 0.4) is 0 Å². The van der Waals surface area contributed by atoms with Gasteiger partial charge in [-0.3, -0.25) is 4.72 Å². The second-order valence-corrected chi connectivity index (χ2v) is 9.72. The molecule has 32 heavy (non-hydrogen) atoms. The molecule has 4 rings (SSSR count). The van der Waals surface area contributed by atoms with Gasteiger partial charge in [0.25, 0.3) is 10.0 Å².